The van der Waals surface area contributed by atoms with Crippen LogP contribution in [0.1, 0.15) is 35.4 Å². The molecule has 1 saturated carbocycles. The number of benzene rings is 4. The Kier molecular flexibility index (Phi) is 7.23. The molecule has 9 heteroatoms. The standard InChI is InChI=1S/C39H30BrClN2O5/c1-21-18-22(10-17-32(21)44)34-28-15-16-29-33(37(47)42(35(29)45)26-13-11-24(40)12-14-26)30(28)20-31-36(46)43(27-9-5-8-25(41)19-27)38(48)39(31,34)23-6-3-2-4-7-23/h2-15,17-19,29-31,33-34,44H,16,20H2,1H3/t29-,30+,31-,33-,34-,39+/m0/s1. The average Bonchev–Trinajstić information content (AvgIpc) is 3.47. The van der Waals surface area contributed by atoms with Gasteiger partial charge in [-0.3, -0.25) is 24.1 Å². The van der Waals surface area contributed by atoms with Gasteiger partial charge in [-0.1, -0.05) is 87.7 Å². The second kappa shape index (κ2) is 11.3. The first-order valence-electron chi connectivity index (χ1n) is 15.9. The molecule has 8 rings (SSSR count). The molecule has 2 saturated heterocycles. The summed E-state index contributed by atoms with van der Waals surface area (Å²) in [6, 6.07) is 28.5. The highest BCUT2D eigenvalue weighted by atomic mass is 79.9. The van der Waals surface area contributed by atoms with Gasteiger partial charge < -0.3 is 5.11 Å². The summed E-state index contributed by atoms with van der Waals surface area (Å²) in [5, 5.41) is 10.9. The second-order valence-electron chi connectivity index (χ2n) is 13.1. The van der Waals surface area contributed by atoms with Crippen molar-refractivity contribution in [3.05, 3.63) is 135 Å². The number of hydrogen-bond donors (Lipinski definition) is 1. The Morgan fingerprint density at radius 1 is 0.792 bits per heavy atom. The number of rotatable bonds is 4. The van der Waals surface area contributed by atoms with E-state index in [1.807, 2.05) is 42.5 Å². The van der Waals surface area contributed by atoms with Gasteiger partial charge in [0.25, 0.3) is 0 Å². The predicted molar refractivity (Wildman–Crippen MR) is 186 cm³/mol. The highest BCUT2D eigenvalue weighted by Gasteiger charge is 2.70. The first-order valence-corrected chi connectivity index (χ1v) is 17.1. The van der Waals surface area contributed by atoms with Gasteiger partial charge in [-0.05, 0) is 90.9 Å². The monoisotopic (exact) mass is 720 g/mol. The fourth-order valence-corrected chi connectivity index (χ4v) is 9.27. The molecule has 4 aromatic rings. The number of amides is 4. The van der Waals surface area contributed by atoms with Crippen molar-refractivity contribution in [2.75, 3.05) is 9.80 Å². The SMILES string of the molecule is Cc1cc([C@H]2C3=CC[C@@H]4C(=O)N(c5ccc(Br)cc5)C(=O)[C@@H]4[C@@H]3C[C@H]3C(=O)N(c4cccc(Cl)c4)C(=O)[C@@]23c2ccccc2)ccc1O. The Morgan fingerprint density at radius 3 is 2.25 bits per heavy atom. The van der Waals surface area contributed by atoms with Gasteiger partial charge in [0.15, 0.2) is 0 Å². The zero-order chi connectivity index (χ0) is 33.5. The maximum atomic E-state index is 15.3. The first kappa shape index (κ1) is 30.8. The second-order valence-corrected chi connectivity index (χ2v) is 14.5. The maximum Gasteiger partial charge on any atom is 0.246 e. The van der Waals surface area contributed by atoms with Crippen molar-refractivity contribution in [3.8, 4) is 5.75 Å². The Hall–Kier alpha value is -4.53. The maximum absolute atomic E-state index is 15.3. The van der Waals surface area contributed by atoms with Crippen LogP contribution in [0, 0.1) is 30.6 Å². The minimum Gasteiger partial charge on any atom is -0.508 e. The molecule has 2 aliphatic heterocycles. The van der Waals surface area contributed by atoms with E-state index in [9.17, 15) is 19.5 Å². The van der Waals surface area contributed by atoms with Crippen LogP contribution in [0.3, 0.4) is 0 Å². The van der Waals surface area contributed by atoms with Crippen molar-refractivity contribution in [3.63, 3.8) is 0 Å². The lowest BCUT2D eigenvalue weighted by Gasteiger charge is -2.50. The summed E-state index contributed by atoms with van der Waals surface area (Å²) in [5.41, 5.74) is 2.46. The number of phenolic OH excluding ortho intramolecular Hbond substituents is 1. The number of imide groups is 2. The van der Waals surface area contributed by atoms with Gasteiger partial charge in [0.2, 0.25) is 23.6 Å². The number of carbonyl (C=O) groups is 4. The summed E-state index contributed by atoms with van der Waals surface area (Å²) >= 11 is 9.82. The predicted octanol–water partition coefficient (Wildman–Crippen LogP) is 7.48. The van der Waals surface area contributed by atoms with Crippen LogP contribution in [0.5, 0.6) is 5.75 Å². The summed E-state index contributed by atoms with van der Waals surface area (Å²) < 4.78 is 0.831. The van der Waals surface area contributed by atoms with Crippen molar-refractivity contribution in [2.24, 2.45) is 23.7 Å². The van der Waals surface area contributed by atoms with E-state index in [2.05, 4.69) is 15.9 Å². The number of phenols is 1. The molecule has 2 heterocycles. The lowest BCUT2D eigenvalue weighted by molar-refractivity contribution is -0.127. The van der Waals surface area contributed by atoms with Crippen LogP contribution in [-0.2, 0) is 24.6 Å². The van der Waals surface area contributed by atoms with Crippen molar-refractivity contribution in [2.45, 2.75) is 31.1 Å². The van der Waals surface area contributed by atoms with Gasteiger partial charge in [-0.25, -0.2) is 4.90 Å². The number of allylic oxidation sites excluding steroid dienone is 2. The van der Waals surface area contributed by atoms with Gasteiger partial charge in [0.05, 0.1) is 34.5 Å². The molecular weight excluding hydrogens is 692 g/mol. The largest absolute Gasteiger partial charge is 0.508 e. The molecule has 0 bridgehead atoms. The Balaban J connectivity index is 1.35. The van der Waals surface area contributed by atoms with Crippen molar-refractivity contribution < 1.29 is 24.3 Å². The Bertz CT molecular complexity index is 2060. The van der Waals surface area contributed by atoms with Crippen LogP contribution in [0.15, 0.2) is 113 Å². The summed E-state index contributed by atoms with van der Waals surface area (Å²) in [6.07, 6.45) is 2.58. The van der Waals surface area contributed by atoms with E-state index >= 15 is 4.79 Å². The lowest BCUT2D eigenvalue weighted by atomic mass is 9.49. The number of carbonyl (C=O) groups excluding carboxylic acids is 4. The zero-order valence-corrected chi connectivity index (χ0v) is 28.2. The van der Waals surface area contributed by atoms with Crippen molar-refractivity contribution in [1.82, 2.24) is 0 Å². The number of aromatic hydroxyl groups is 1. The van der Waals surface area contributed by atoms with E-state index in [-0.39, 0.29) is 35.8 Å². The number of aryl methyl sites for hydroxylation is 1. The third-order valence-electron chi connectivity index (χ3n) is 10.8. The third kappa shape index (κ3) is 4.31. The van der Waals surface area contributed by atoms with Gasteiger partial charge >= 0.3 is 0 Å². The molecule has 4 aliphatic rings. The number of anilines is 2. The molecule has 48 heavy (non-hydrogen) atoms. The van der Waals surface area contributed by atoms with Gasteiger partial charge in [0.1, 0.15) is 5.75 Å². The van der Waals surface area contributed by atoms with E-state index in [1.54, 1.807) is 67.6 Å². The average molecular weight is 722 g/mol. The minimum atomic E-state index is -1.36. The Morgan fingerprint density at radius 2 is 1.54 bits per heavy atom. The molecule has 2 aliphatic carbocycles. The molecule has 4 aromatic carbocycles. The highest BCUT2D eigenvalue weighted by Crippen LogP contribution is 2.64. The fourth-order valence-electron chi connectivity index (χ4n) is 8.82. The number of hydrogen-bond acceptors (Lipinski definition) is 5. The third-order valence-corrected chi connectivity index (χ3v) is 11.6. The zero-order valence-electron chi connectivity index (χ0n) is 25.8. The lowest BCUT2D eigenvalue weighted by Crippen LogP contribution is -2.53. The Labute approximate surface area is 290 Å². The molecule has 4 amide bonds. The number of nitrogens with zero attached hydrogens (tertiary/aromatic N) is 2. The van der Waals surface area contributed by atoms with Crippen LogP contribution in [-0.4, -0.2) is 28.7 Å². The molecular formula is C39H30BrClN2O5. The molecule has 3 fully saturated rings. The van der Waals surface area contributed by atoms with Crippen LogP contribution < -0.4 is 9.80 Å². The van der Waals surface area contributed by atoms with E-state index in [0.29, 0.717) is 33.9 Å². The van der Waals surface area contributed by atoms with Crippen molar-refractivity contribution >= 4 is 62.5 Å². The highest BCUT2D eigenvalue weighted by molar-refractivity contribution is 9.10. The molecule has 6 atom stereocenters. The first-order chi connectivity index (χ1) is 23.1. The summed E-state index contributed by atoms with van der Waals surface area (Å²) in [6.45, 7) is 1.80. The molecule has 7 nitrogen and oxygen atoms in total. The van der Waals surface area contributed by atoms with E-state index in [1.165, 1.54) is 9.80 Å². The van der Waals surface area contributed by atoms with Crippen LogP contribution in [0.25, 0.3) is 0 Å². The summed E-state index contributed by atoms with van der Waals surface area (Å²) in [7, 11) is 0. The topological polar surface area (TPSA) is 95.0 Å². The van der Waals surface area contributed by atoms with E-state index in [0.717, 1.165) is 15.6 Å². The molecule has 0 radical (unpaired) electrons. The summed E-state index contributed by atoms with van der Waals surface area (Å²) in [4.78, 5) is 60.9. The van der Waals surface area contributed by atoms with Crippen LogP contribution in [0.4, 0.5) is 11.4 Å². The molecule has 240 valence electrons. The number of fused-ring (bicyclic) bond motifs is 4. The molecule has 1 N–H and O–H groups in total. The van der Waals surface area contributed by atoms with Crippen LogP contribution >= 0.6 is 27.5 Å². The van der Waals surface area contributed by atoms with Gasteiger partial charge in [-0.2, -0.15) is 0 Å². The molecule has 0 spiro atoms. The fraction of sp³-hybridized carbons (Fsp3) is 0.231. The van der Waals surface area contributed by atoms with Crippen LogP contribution in [0.2, 0.25) is 5.02 Å². The molecule has 0 unspecified atom stereocenters. The van der Waals surface area contributed by atoms with E-state index in [4.69, 9.17) is 11.6 Å². The van der Waals surface area contributed by atoms with E-state index < -0.39 is 35.0 Å². The minimum absolute atomic E-state index is 0.116. The number of halogens is 2. The summed E-state index contributed by atoms with van der Waals surface area (Å²) in [5.74, 6) is -4.43. The smallest absolute Gasteiger partial charge is 0.246 e. The normalized spacial score (nSPS) is 27.9. The van der Waals surface area contributed by atoms with Crippen molar-refractivity contribution in [1.29, 1.82) is 0 Å². The van der Waals surface area contributed by atoms with Gasteiger partial charge in [0, 0.05) is 15.4 Å². The molecule has 0 aromatic heterocycles. The quantitative estimate of drug-likeness (QED) is 0.174. The van der Waals surface area contributed by atoms with Gasteiger partial charge in [-0.15, -0.1) is 0 Å².